The number of para-hydroxylation sites is 2. The van der Waals surface area contributed by atoms with Gasteiger partial charge < -0.3 is 14.8 Å². The molecule has 1 aromatic carbocycles. The molecule has 148 valence electrons. The third-order valence-corrected chi connectivity index (χ3v) is 7.56. The van der Waals surface area contributed by atoms with E-state index in [4.69, 9.17) is 4.99 Å². The van der Waals surface area contributed by atoms with Gasteiger partial charge in [0.1, 0.15) is 0 Å². The van der Waals surface area contributed by atoms with Crippen LogP contribution in [-0.2, 0) is 16.4 Å². The van der Waals surface area contributed by atoms with Gasteiger partial charge in [0.25, 0.3) is 0 Å². The zero-order valence-corrected chi connectivity index (χ0v) is 17.2. The fourth-order valence-electron chi connectivity index (χ4n) is 3.36. The molecule has 1 aromatic heterocycles. The molecule has 7 nitrogen and oxygen atoms in total. The summed E-state index contributed by atoms with van der Waals surface area (Å²) in [4.78, 5) is 11.2. The van der Waals surface area contributed by atoms with Crippen molar-refractivity contribution in [3.63, 3.8) is 0 Å². The van der Waals surface area contributed by atoms with Crippen LogP contribution in [0.1, 0.15) is 27.2 Å². The molecule has 27 heavy (non-hydrogen) atoms. The van der Waals surface area contributed by atoms with Crippen molar-refractivity contribution in [1.29, 1.82) is 0 Å². The SMILES string of the molecule is CCNC(=NCCCn1cnc2ccccc21)N1CCS(=O)(=O)C(C)(C)C1. The van der Waals surface area contributed by atoms with E-state index in [2.05, 4.69) is 25.8 Å². The lowest BCUT2D eigenvalue weighted by Gasteiger charge is -2.39. The number of benzene rings is 1. The number of rotatable bonds is 5. The van der Waals surface area contributed by atoms with E-state index in [9.17, 15) is 8.42 Å². The van der Waals surface area contributed by atoms with Crippen LogP contribution in [0.5, 0.6) is 0 Å². The van der Waals surface area contributed by atoms with Crippen LogP contribution < -0.4 is 5.32 Å². The number of aliphatic imine (C=N–C) groups is 1. The summed E-state index contributed by atoms with van der Waals surface area (Å²) in [5, 5.41) is 3.30. The largest absolute Gasteiger partial charge is 0.357 e. The van der Waals surface area contributed by atoms with Crippen molar-refractivity contribution in [3.05, 3.63) is 30.6 Å². The number of guanidine groups is 1. The number of sulfone groups is 1. The minimum absolute atomic E-state index is 0.172. The molecule has 0 amide bonds. The number of nitrogens with one attached hydrogen (secondary N) is 1. The summed E-state index contributed by atoms with van der Waals surface area (Å²) in [6.07, 6.45) is 2.77. The summed E-state index contributed by atoms with van der Waals surface area (Å²) >= 11 is 0. The molecule has 0 saturated carbocycles. The van der Waals surface area contributed by atoms with Gasteiger partial charge in [-0.1, -0.05) is 12.1 Å². The van der Waals surface area contributed by atoms with Gasteiger partial charge in [-0.25, -0.2) is 13.4 Å². The molecular weight excluding hydrogens is 362 g/mol. The van der Waals surface area contributed by atoms with Gasteiger partial charge in [-0.3, -0.25) is 4.99 Å². The summed E-state index contributed by atoms with van der Waals surface area (Å²) in [6.45, 7) is 8.86. The molecule has 1 saturated heterocycles. The van der Waals surface area contributed by atoms with E-state index in [0.717, 1.165) is 36.5 Å². The Kier molecular flexibility index (Phi) is 5.74. The van der Waals surface area contributed by atoms with Crippen LogP contribution in [0.25, 0.3) is 11.0 Å². The molecule has 0 unspecified atom stereocenters. The first-order valence-electron chi connectivity index (χ1n) is 9.49. The van der Waals surface area contributed by atoms with Crippen molar-refractivity contribution in [3.8, 4) is 0 Å². The molecule has 1 aliphatic heterocycles. The van der Waals surface area contributed by atoms with Crippen molar-refractivity contribution < 1.29 is 8.42 Å². The van der Waals surface area contributed by atoms with Gasteiger partial charge >= 0.3 is 0 Å². The Hall–Kier alpha value is -2.09. The molecule has 0 atom stereocenters. The first-order chi connectivity index (χ1) is 12.8. The summed E-state index contributed by atoms with van der Waals surface area (Å²) < 4.78 is 25.9. The molecule has 3 rings (SSSR count). The number of nitrogens with zero attached hydrogens (tertiary/aromatic N) is 4. The number of imidazole rings is 1. The maximum atomic E-state index is 12.2. The summed E-state index contributed by atoms with van der Waals surface area (Å²) in [5.74, 6) is 0.974. The second kappa shape index (κ2) is 7.88. The number of aryl methyl sites for hydroxylation is 1. The van der Waals surface area contributed by atoms with Crippen molar-refractivity contribution in [1.82, 2.24) is 19.8 Å². The van der Waals surface area contributed by atoms with E-state index in [1.54, 1.807) is 13.8 Å². The Balaban J connectivity index is 1.62. The molecule has 1 N–H and O–H groups in total. The zero-order chi connectivity index (χ0) is 19.5. The lowest BCUT2D eigenvalue weighted by molar-refractivity contribution is 0.353. The van der Waals surface area contributed by atoms with Crippen LogP contribution in [0.3, 0.4) is 0 Å². The van der Waals surface area contributed by atoms with E-state index in [1.165, 1.54) is 0 Å². The highest BCUT2D eigenvalue weighted by atomic mass is 32.2. The highest BCUT2D eigenvalue weighted by Gasteiger charge is 2.40. The lowest BCUT2D eigenvalue weighted by atomic mass is 10.2. The maximum Gasteiger partial charge on any atom is 0.193 e. The van der Waals surface area contributed by atoms with Crippen LogP contribution >= 0.6 is 0 Å². The predicted octanol–water partition coefficient (Wildman–Crippen LogP) is 1.90. The fraction of sp³-hybridized carbons (Fsp3) is 0.579. The van der Waals surface area contributed by atoms with Gasteiger partial charge in [0.2, 0.25) is 0 Å². The van der Waals surface area contributed by atoms with Crippen LogP contribution in [0.4, 0.5) is 0 Å². The highest BCUT2D eigenvalue weighted by Crippen LogP contribution is 2.23. The van der Waals surface area contributed by atoms with E-state index in [0.29, 0.717) is 19.6 Å². The number of aromatic nitrogens is 2. The molecule has 1 aliphatic rings. The number of hydrogen-bond donors (Lipinski definition) is 1. The first-order valence-corrected chi connectivity index (χ1v) is 11.1. The van der Waals surface area contributed by atoms with Crippen molar-refractivity contribution >= 4 is 26.8 Å². The Bertz CT molecular complexity index is 917. The average Bonchev–Trinajstić information content (AvgIpc) is 3.03. The number of fused-ring (bicyclic) bond motifs is 1. The van der Waals surface area contributed by atoms with Crippen LogP contribution in [0.15, 0.2) is 35.6 Å². The third kappa shape index (κ3) is 4.26. The monoisotopic (exact) mass is 391 g/mol. The Labute approximate surface area is 161 Å². The molecule has 0 aliphatic carbocycles. The van der Waals surface area contributed by atoms with Crippen LogP contribution in [0, 0.1) is 0 Å². The molecular formula is C19H29N5O2S. The van der Waals surface area contributed by atoms with E-state index in [-0.39, 0.29) is 5.75 Å². The normalized spacial score (nSPS) is 19.4. The second-order valence-corrected chi connectivity index (χ2v) is 10.3. The molecule has 8 heteroatoms. The van der Waals surface area contributed by atoms with Crippen molar-refractivity contribution in [2.45, 2.75) is 38.5 Å². The minimum Gasteiger partial charge on any atom is -0.357 e. The van der Waals surface area contributed by atoms with Gasteiger partial charge in [-0.15, -0.1) is 0 Å². The van der Waals surface area contributed by atoms with Crippen LogP contribution in [-0.4, -0.2) is 65.5 Å². The third-order valence-electron chi connectivity index (χ3n) is 5.02. The standard InChI is InChI=1S/C19H29N5O2S/c1-4-20-18(23-12-13-27(25,26)19(2,3)14-23)21-10-7-11-24-15-22-16-8-5-6-9-17(16)24/h5-6,8-9,15H,4,7,10-14H2,1-3H3,(H,20,21). The van der Waals surface area contributed by atoms with Gasteiger partial charge in [0.05, 0.1) is 27.9 Å². The van der Waals surface area contributed by atoms with Crippen molar-refractivity contribution in [2.24, 2.45) is 4.99 Å². The second-order valence-electron chi connectivity index (χ2n) is 7.52. The smallest absolute Gasteiger partial charge is 0.193 e. The molecule has 2 aromatic rings. The van der Waals surface area contributed by atoms with E-state index < -0.39 is 14.6 Å². The molecule has 0 spiro atoms. The Morgan fingerprint density at radius 3 is 2.85 bits per heavy atom. The zero-order valence-electron chi connectivity index (χ0n) is 16.4. The number of hydrogen-bond acceptors (Lipinski definition) is 4. The Morgan fingerprint density at radius 1 is 1.33 bits per heavy atom. The maximum absolute atomic E-state index is 12.2. The molecule has 0 radical (unpaired) electrons. The van der Waals surface area contributed by atoms with Crippen molar-refractivity contribution in [2.75, 3.05) is 31.9 Å². The quantitative estimate of drug-likeness (QED) is 0.478. The summed E-state index contributed by atoms with van der Waals surface area (Å²) in [7, 11) is -3.05. The molecule has 1 fully saturated rings. The Morgan fingerprint density at radius 2 is 2.11 bits per heavy atom. The fourth-order valence-corrected chi connectivity index (χ4v) is 4.73. The van der Waals surface area contributed by atoms with Crippen LogP contribution in [0.2, 0.25) is 0 Å². The van der Waals surface area contributed by atoms with Gasteiger partial charge in [-0.2, -0.15) is 0 Å². The van der Waals surface area contributed by atoms with Gasteiger partial charge in [0, 0.05) is 32.7 Å². The average molecular weight is 392 g/mol. The van der Waals surface area contributed by atoms with Gasteiger partial charge in [0.15, 0.2) is 15.8 Å². The minimum atomic E-state index is -3.05. The lowest BCUT2D eigenvalue weighted by Crippen LogP contribution is -2.57. The first kappa shape index (κ1) is 19.7. The van der Waals surface area contributed by atoms with E-state index in [1.807, 2.05) is 31.5 Å². The topological polar surface area (TPSA) is 79.6 Å². The molecule has 2 heterocycles. The predicted molar refractivity (Wildman–Crippen MR) is 110 cm³/mol. The summed E-state index contributed by atoms with van der Waals surface area (Å²) in [5.41, 5.74) is 2.14. The summed E-state index contributed by atoms with van der Waals surface area (Å²) in [6, 6.07) is 8.10. The highest BCUT2D eigenvalue weighted by molar-refractivity contribution is 7.92. The van der Waals surface area contributed by atoms with Gasteiger partial charge in [-0.05, 0) is 39.3 Å². The molecule has 0 bridgehead atoms. The van der Waals surface area contributed by atoms with E-state index >= 15 is 0 Å².